The van der Waals surface area contributed by atoms with E-state index in [1.807, 2.05) is 24.3 Å². The van der Waals surface area contributed by atoms with E-state index in [1.54, 1.807) is 12.1 Å². The van der Waals surface area contributed by atoms with Gasteiger partial charge in [-0.1, -0.05) is 27.5 Å². The number of benzene rings is 2. The van der Waals surface area contributed by atoms with E-state index in [2.05, 4.69) is 31.9 Å². The first-order chi connectivity index (χ1) is 8.60. The summed E-state index contributed by atoms with van der Waals surface area (Å²) in [6.07, 6.45) is 0. The molecule has 0 spiro atoms. The van der Waals surface area contributed by atoms with Gasteiger partial charge >= 0.3 is 0 Å². The lowest BCUT2D eigenvalue weighted by Crippen LogP contribution is -1.90. The summed E-state index contributed by atoms with van der Waals surface area (Å²) in [5.74, 6) is 1.82. The molecule has 0 atom stereocenters. The van der Waals surface area contributed by atoms with Gasteiger partial charge in [0.05, 0.1) is 10.4 Å². The standard InChI is InChI=1S/C13H8Br2Cl2O/c14-9-1-3-12(8(5-9)7-16)18-13-4-2-10(17)6-11(13)15/h1-6H,7H2. The maximum Gasteiger partial charge on any atom is 0.141 e. The number of hydrogen-bond donors (Lipinski definition) is 0. The molecule has 0 unspecified atom stereocenters. The van der Waals surface area contributed by atoms with E-state index in [4.69, 9.17) is 27.9 Å². The van der Waals surface area contributed by atoms with Crippen LogP contribution in [-0.2, 0) is 5.88 Å². The average Bonchev–Trinajstić information content (AvgIpc) is 2.34. The van der Waals surface area contributed by atoms with E-state index >= 15 is 0 Å². The summed E-state index contributed by atoms with van der Waals surface area (Å²) in [6, 6.07) is 11.1. The van der Waals surface area contributed by atoms with Crippen molar-refractivity contribution >= 4 is 55.1 Å². The highest BCUT2D eigenvalue weighted by atomic mass is 79.9. The van der Waals surface area contributed by atoms with Gasteiger partial charge in [0.2, 0.25) is 0 Å². The molecule has 2 aromatic carbocycles. The van der Waals surface area contributed by atoms with Crippen LogP contribution in [0.1, 0.15) is 5.56 Å². The summed E-state index contributed by atoms with van der Waals surface area (Å²) in [6.45, 7) is 0. The van der Waals surface area contributed by atoms with Crippen molar-refractivity contribution in [2.24, 2.45) is 0 Å². The summed E-state index contributed by atoms with van der Waals surface area (Å²) >= 11 is 18.6. The molecular weight excluding hydrogens is 403 g/mol. The Bertz CT molecular complexity index is 573. The van der Waals surface area contributed by atoms with Crippen molar-refractivity contribution in [3.8, 4) is 11.5 Å². The molecule has 2 rings (SSSR count). The van der Waals surface area contributed by atoms with Gasteiger partial charge in [-0.2, -0.15) is 0 Å². The van der Waals surface area contributed by atoms with E-state index < -0.39 is 0 Å². The van der Waals surface area contributed by atoms with Gasteiger partial charge in [-0.15, -0.1) is 11.6 Å². The molecule has 18 heavy (non-hydrogen) atoms. The van der Waals surface area contributed by atoms with Crippen molar-refractivity contribution in [2.45, 2.75) is 5.88 Å². The van der Waals surface area contributed by atoms with Crippen LogP contribution in [0.4, 0.5) is 0 Å². The van der Waals surface area contributed by atoms with Crippen LogP contribution in [0.3, 0.4) is 0 Å². The van der Waals surface area contributed by atoms with Gasteiger partial charge in [-0.3, -0.25) is 0 Å². The van der Waals surface area contributed by atoms with Crippen LogP contribution in [0.5, 0.6) is 11.5 Å². The van der Waals surface area contributed by atoms with Crippen molar-refractivity contribution in [2.75, 3.05) is 0 Å². The van der Waals surface area contributed by atoms with E-state index in [-0.39, 0.29) is 0 Å². The van der Waals surface area contributed by atoms with Gasteiger partial charge in [0, 0.05) is 15.1 Å². The minimum absolute atomic E-state index is 0.389. The molecule has 0 saturated heterocycles. The average molecular weight is 411 g/mol. The Morgan fingerprint density at radius 2 is 1.72 bits per heavy atom. The fourth-order valence-electron chi connectivity index (χ4n) is 1.43. The van der Waals surface area contributed by atoms with Gasteiger partial charge in [-0.25, -0.2) is 0 Å². The molecule has 0 aliphatic rings. The monoisotopic (exact) mass is 408 g/mol. The molecule has 0 aromatic heterocycles. The van der Waals surface area contributed by atoms with Crippen molar-refractivity contribution in [1.82, 2.24) is 0 Å². The third-order valence-electron chi connectivity index (χ3n) is 2.28. The molecule has 2 aromatic rings. The van der Waals surface area contributed by atoms with Gasteiger partial charge in [0.1, 0.15) is 11.5 Å². The van der Waals surface area contributed by atoms with Crippen molar-refractivity contribution < 1.29 is 4.74 Å². The van der Waals surface area contributed by atoms with Crippen molar-refractivity contribution in [3.05, 3.63) is 55.9 Å². The Hall–Kier alpha value is -0.220. The molecule has 0 radical (unpaired) electrons. The molecule has 0 aliphatic carbocycles. The molecule has 0 N–H and O–H groups in total. The molecule has 5 heteroatoms. The van der Waals surface area contributed by atoms with Crippen LogP contribution in [0.2, 0.25) is 5.02 Å². The summed E-state index contributed by atoms with van der Waals surface area (Å²) in [5, 5.41) is 0.655. The van der Waals surface area contributed by atoms with Gasteiger partial charge in [0.25, 0.3) is 0 Å². The first-order valence-electron chi connectivity index (χ1n) is 5.07. The molecule has 0 bridgehead atoms. The van der Waals surface area contributed by atoms with E-state index in [0.29, 0.717) is 16.7 Å². The number of rotatable bonds is 3. The van der Waals surface area contributed by atoms with E-state index in [1.165, 1.54) is 0 Å². The Kier molecular flexibility index (Phi) is 4.96. The third-order valence-corrected chi connectivity index (χ3v) is 3.92. The first kappa shape index (κ1) is 14.2. The largest absolute Gasteiger partial charge is 0.456 e. The highest BCUT2D eigenvalue weighted by Crippen LogP contribution is 2.34. The molecule has 1 nitrogen and oxygen atoms in total. The Balaban J connectivity index is 2.33. The normalized spacial score (nSPS) is 10.4. The number of halogens is 4. The summed E-state index contributed by atoms with van der Waals surface area (Å²) in [7, 11) is 0. The zero-order valence-corrected chi connectivity index (χ0v) is 13.8. The molecular formula is C13H8Br2Cl2O. The van der Waals surface area contributed by atoms with Crippen LogP contribution < -0.4 is 4.74 Å². The van der Waals surface area contributed by atoms with Crippen LogP contribution in [-0.4, -0.2) is 0 Å². The first-order valence-corrected chi connectivity index (χ1v) is 7.57. The van der Waals surface area contributed by atoms with Crippen LogP contribution in [0, 0.1) is 0 Å². The highest BCUT2D eigenvalue weighted by Gasteiger charge is 2.08. The molecule has 0 saturated carbocycles. The van der Waals surface area contributed by atoms with Crippen LogP contribution in [0.15, 0.2) is 45.3 Å². The summed E-state index contributed by atoms with van der Waals surface area (Å²) < 4.78 is 7.61. The lowest BCUT2D eigenvalue weighted by atomic mass is 10.2. The number of hydrogen-bond acceptors (Lipinski definition) is 1. The predicted molar refractivity (Wildman–Crippen MR) is 82.9 cm³/mol. The second-order valence-corrected chi connectivity index (χ2v) is 6.04. The lowest BCUT2D eigenvalue weighted by molar-refractivity contribution is 0.475. The summed E-state index contributed by atoms with van der Waals surface area (Å²) in [4.78, 5) is 0. The van der Waals surface area contributed by atoms with E-state index in [0.717, 1.165) is 20.3 Å². The third kappa shape index (κ3) is 3.41. The molecule has 0 heterocycles. The smallest absolute Gasteiger partial charge is 0.141 e. The minimum atomic E-state index is 0.389. The molecule has 0 aliphatic heterocycles. The Morgan fingerprint density at radius 3 is 2.39 bits per heavy atom. The maximum absolute atomic E-state index is 5.90. The molecule has 0 amide bonds. The van der Waals surface area contributed by atoms with Crippen molar-refractivity contribution in [3.63, 3.8) is 0 Å². The fraction of sp³-hybridized carbons (Fsp3) is 0.0769. The molecule has 0 fully saturated rings. The SMILES string of the molecule is ClCc1cc(Br)ccc1Oc1ccc(Cl)cc1Br. The second kappa shape index (κ2) is 6.29. The van der Waals surface area contributed by atoms with Crippen molar-refractivity contribution in [1.29, 1.82) is 0 Å². The van der Waals surface area contributed by atoms with Crippen LogP contribution >= 0.6 is 55.1 Å². The number of ether oxygens (including phenoxy) is 1. The zero-order chi connectivity index (χ0) is 13.1. The lowest BCUT2D eigenvalue weighted by Gasteiger charge is -2.11. The van der Waals surface area contributed by atoms with Crippen LogP contribution in [0.25, 0.3) is 0 Å². The zero-order valence-electron chi connectivity index (χ0n) is 9.09. The topological polar surface area (TPSA) is 9.23 Å². The Morgan fingerprint density at radius 1 is 1.00 bits per heavy atom. The quantitative estimate of drug-likeness (QED) is 0.532. The predicted octanol–water partition coefficient (Wildman–Crippen LogP) is 6.40. The Labute approximate surface area is 132 Å². The maximum atomic E-state index is 5.90. The van der Waals surface area contributed by atoms with Gasteiger partial charge in [0.15, 0.2) is 0 Å². The molecule has 94 valence electrons. The highest BCUT2D eigenvalue weighted by molar-refractivity contribution is 9.10. The minimum Gasteiger partial charge on any atom is -0.456 e. The second-order valence-electron chi connectivity index (χ2n) is 3.56. The number of alkyl halides is 1. The van der Waals surface area contributed by atoms with Gasteiger partial charge in [-0.05, 0) is 52.3 Å². The summed E-state index contributed by atoms with van der Waals surface area (Å²) in [5.41, 5.74) is 0.924. The van der Waals surface area contributed by atoms with E-state index in [9.17, 15) is 0 Å². The fourth-order valence-corrected chi connectivity index (χ4v) is 2.81. The van der Waals surface area contributed by atoms with Gasteiger partial charge < -0.3 is 4.74 Å².